The molecule has 2 aliphatic rings. The zero-order valence-electron chi connectivity index (χ0n) is 16.3. The third-order valence-corrected chi connectivity index (χ3v) is 5.25. The topological polar surface area (TPSA) is 32.7 Å². The first-order valence-corrected chi connectivity index (χ1v) is 9.63. The number of hydrogen-bond acceptors (Lipinski definition) is 3. The maximum absolute atomic E-state index is 10.6. The van der Waals surface area contributed by atoms with Crippen LogP contribution in [0.15, 0.2) is 60.2 Å². The van der Waals surface area contributed by atoms with Gasteiger partial charge < -0.3 is 9.84 Å². The largest absolute Gasteiger partial charge is 0.507 e. The third-order valence-electron chi connectivity index (χ3n) is 5.25. The van der Waals surface area contributed by atoms with Crippen LogP contribution in [0.25, 0.3) is 5.57 Å². The number of nitrogens with zero attached hydrogens (tertiary/aromatic N) is 1. The lowest BCUT2D eigenvalue weighted by molar-refractivity contribution is 0.157. The zero-order valence-corrected chi connectivity index (χ0v) is 16.3. The Bertz CT molecular complexity index is 909. The van der Waals surface area contributed by atoms with Crippen molar-refractivity contribution in [2.45, 2.75) is 39.3 Å². The summed E-state index contributed by atoms with van der Waals surface area (Å²) in [4.78, 5) is 2.46. The molecule has 0 aliphatic carbocycles. The number of rotatable bonds is 3. The average Bonchev–Trinajstić information content (AvgIpc) is 2.61. The highest BCUT2D eigenvalue weighted by molar-refractivity contribution is 5.87. The van der Waals surface area contributed by atoms with Crippen molar-refractivity contribution in [3.63, 3.8) is 0 Å². The summed E-state index contributed by atoms with van der Waals surface area (Å²) in [5.74, 6) is 1.09. The van der Waals surface area contributed by atoms with Crippen LogP contribution in [-0.4, -0.2) is 28.7 Å². The van der Waals surface area contributed by atoms with Crippen LogP contribution in [0.3, 0.4) is 0 Å². The van der Waals surface area contributed by atoms with Crippen LogP contribution >= 0.6 is 0 Å². The van der Waals surface area contributed by atoms with Crippen molar-refractivity contribution < 1.29 is 9.84 Å². The van der Waals surface area contributed by atoms with Crippen molar-refractivity contribution in [3.05, 3.63) is 76.9 Å². The lowest BCUT2D eigenvalue weighted by Gasteiger charge is -2.34. The van der Waals surface area contributed by atoms with E-state index in [0.717, 1.165) is 48.5 Å². The minimum atomic E-state index is -0.384. The molecule has 0 saturated heterocycles. The first-order valence-electron chi connectivity index (χ1n) is 9.63. The van der Waals surface area contributed by atoms with Crippen LogP contribution in [-0.2, 0) is 6.54 Å². The predicted molar refractivity (Wildman–Crippen MR) is 110 cm³/mol. The monoisotopic (exact) mass is 361 g/mol. The Labute approximate surface area is 161 Å². The number of aromatic hydroxyl groups is 1. The van der Waals surface area contributed by atoms with Gasteiger partial charge in [-0.05, 0) is 67.7 Å². The normalized spacial score (nSPS) is 18.9. The molecule has 2 aromatic rings. The van der Waals surface area contributed by atoms with E-state index in [0.29, 0.717) is 5.75 Å². The summed E-state index contributed by atoms with van der Waals surface area (Å²) in [7, 11) is 0. The molecular weight excluding hydrogens is 334 g/mol. The predicted octanol–water partition coefficient (Wildman–Crippen LogP) is 5.09. The van der Waals surface area contributed by atoms with Crippen LogP contribution < -0.4 is 4.74 Å². The number of allylic oxidation sites excluding steroid dienone is 1. The Morgan fingerprint density at radius 2 is 1.93 bits per heavy atom. The fourth-order valence-electron chi connectivity index (χ4n) is 4.01. The number of hydrogen-bond donors (Lipinski definition) is 1. The minimum Gasteiger partial charge on any atom is -0.507 e. The lowest BCUT2D eigenvalue weighted by atomic mass is 9.86. The Kier molecular flexibility index (Phi) is 4.56. The molecular formula is C24H27NO2. The van der Waals surface area contributed by atoms with Gasteiger partial charge in [0.1, 0.15) is 17.1 Å². The van der Waals surface area contributed by atoms with Gasteiger partial charge in [-0.25, -0.2) is 0 Å². The molecule has 0 unspecified atom stereocenters. The number of aryl methyl sites for hydroxylation is 1. The summed E-state index contributed by atoms with van der Waals surface area (Å²) in [6.07, 6.45) is 5.44. The fourth-order valence-corrected chi connectivity index (χ4v) is 4.01. The van der Waals surface area contributed by atoms with Crippen LogP contribution in [0.5, 0.6) is 11.5 Å². The Hall–Kier alpha value is -2.52. The van der Waals surface area contributed by atoms with Crippen LogP contribution in [0.4, 0.5) is 0 Å². The molecule has 140 valence electrons. The summed E-state index contributed by atoms with van der Waals surface area (Å²) >= 11 is 0. The summed E-state index contributed by atoms with van der Waals surface area (Å²) < 4.78 is 6.13. The number of phenolic OH excluding ortho intramolecular Hbond substituents is 1. The maximum Gasteiger partial charge on any atom is 0.132 e. The molecule has 3 heteroatoms. The molecule has 0 saturated carbocycles. The van der Waals surface area contributed by atoms with E-state index in [-0.39, 0.29) is 5.60 Å². The van der Waals surface area contributed by atoms with E-state index >= 15 is 0 Å². The summed E-state index contributed by atoms with van der Waals surface area (Å²) in [5, 5.41) is 10.6. The Morgan fingerprint density at radius 3 is 2.63 bits per heavy atom. The Morgan fingerprint density at radius 1 is 1.15 bits per heavy atom. The van der Waals surface area contributed by atoms with E-state index < -0.39 is 0 Å². The number of phenols is 1. The first kappa shape index (κ1) is 17.9. The van der Waals surface area contributed by atoms with E-state index in [2.05, 4.69) is 61.2 Å². The molecule has 2 heterocycles. The van der Waals surface area contributed by atoms with E-state index in [4.69, 9.17) is 4.74 Å². The number of fused-ring (bicyclic) bond motifs is 1. The van der Waals surface area contributed by atoms with Crippen molar-refractivity contribution in [3.8, 4) is 11.5 Å². The van der Waals surface area contributed by atoms with Crippen molar-refractivity contribution >= 4 is 5.57 Å². The van der Waals surface area contributed by atoms with E-state index in [1.54, 1.807) is 0 Å². The maximum atomic E-state index is 10.6. The van der Waals surface area contributed by atoms with Gasteiger partial charge in [-0.15, -0.1) is 0 Å². The highest BCUT2D eigenvalue weighted by atomic mass is 16.5. The quantitative estimate of drug-likeness (QED) is 0.827. The highest BCUT2D eigenvalue weighted by Crippen LogP contribution is 2.45. The van der Waals surface area contributed by atoms with Gasteiger partial charge in [0.15, 0.2) is 0 Å². The SMILES string of the molecule is Cc1cc(O)c2c(c1)OC(C)(C)C=C2C1=CCN(Cc2ccccc2)CC1. The second-order valence-electron chi connectivity index (χ2n) is 8.12. The molecule has 3 nitrogen and oxygen atoms in total. The summed E-state index contributed by atoms with van der Waals surface area (Å²) in [6, 6.07) is 14.4. The minimum absolute atomic E-state index is 0.305. The van der Waals surface area contributed by atoms with Crippen molar-refractivity contribution in [2.75, 3.05) is 13.1 Å². The van der Waals surface area contributed by atoms with Gasteiger partial charge in [0.2, 0.25) is 0 Å². The molecule has 0 spiro atoms. The van der Waals surface area contributed by atoms with E-state index in [9.17, 15) is 5.11 Å². The van der Waals surface area contributed by atoms with E-state index in [1.807, 2.05) is 19.1 Å². The average molecular weight is 361 g/mol. The number of ether oxygens (including phenoxy) is 1. The van der Waals surface area contributed by atoms with E-state index in [1.165, 1.54) is 11.1 Å². The van der Waals surface area contributed by atoms with Gasteiger partial charge in [0.25, 0.3) is 0 Å². The smallest absolute Gasteiger partial charge is 0.132 e. The molecule has 0 fully saturated rings. The molecule has 1 N–H and O–H groups in total. The van der Waals surface area contributed by atoms with Gasteiger partial charge in [-0.3, -0.25) is 4.90 Å². The molecule has 2 aliphatic heterocycles. The molecule has 4 rings (SSSR count). The molecule has 0 radical (unpaired) electrons. The second kappa shape index (κ2) is 6.90. The third kappa shape index (κ3) is 3.79. The van der Waals surface area contributed by atoms with Gasteiger partial charge in [-0.1, -0.05) is 36.4 Å². The van der Waals surface area contributed by atoms with Crippen LogP contribution in [0, 0.1) is 6.92 Å². The van der Waals surface area contributed by atoms with Gasteiger partial charge in [0.05, 0.1) is 5.56 Å². The molecule has 27 heavy (non-hydrogen) atoms. The Balaban J connectivity index is 1.61. The molecule has 0 aromatic heterocycles. The van der Waals surface area contributed by atoms with Gasteiger partial charge >= 0.3 is 0 Å². The van der Waals surface area contributed by atoms with Crippen LogP contribution in [0.1, 0.15) is 37.0 Å². The summed E-state index contributed by atoms with van der Waals surface area (Å²) in [6.45, 7) is 9.03. The summed E-state index contributed by atoms with van der Waals surface area (Å²) in [5.41, 5.74) is 5.23. The van der Waals surface area contributed by atoms with Crippen molar-refractivity contribution in [1.82, 2.24) is 4.90 Å². The molecule has 0 atom stereocenters. The highest BCUT2D eigenvalue weighted by Gasteiger charge is 2.31. The molecule has 0 amide bonds. The zero-order chi connectivity index (χ0) is 19.0. The number of benzene rings is 2. The van der Waals surface area contributed by atoms with Gasteiger partial charge in [0, 0.05) is 19.6 Å². The molecule has 0 bridgehead atoms. The first-order chi connectivity index (χ1) is 12.9. The second-order valence-corrected chi connectivity index (χ2v) is 8.12. The fraction of sp³-hybridized carbons (Fsp3) is 0.333. The molecule has 2 aromatic carbocycles. The van der Waals surface area contributed by atoms with Crippen LogP contribution in [0.2, 0.25) is 0 Å². The van der Waals surface area contributed by atoms with Crippen molar-refractivity contribution in [1.29, 1.82) is 0 Å². The standard InChI is InChI=1S/C24H27NO2/c1-17-13-21(26)23-20(15-24(2,3)27-22(23)14-17)19-9-11-25(12-10-19)16-18-7-5-4-6-8-18/h4-9,13-15,26H,10-12,16H2,1-3H3. The van der Waals surface area contributed by atoms with Gasteiger partial charge in [-0.2, -0.15) is 0 Å². The lowest BCUT2D eigenvalue weighted by Crippen LogP contribution is -2.31. The van der Waals surface area contributed by atoms with Crippen molar-refractivity contribution in [2.24, 2.45) is 0 Å².